The van der Waals surface area contributed by atoms with E-state index < -0.39 is 0 Å². The fourth-order valence-electron chi connectivity index (χ4n) is 1.94. The molecule has 118 valence electrons. The van der Waals surface area contributed by atoms with E-state index in [-0.39, 0.29) is 5.91 Å². The predicted molar refractivity (Wildman–Crippen MR) is 87.8 cm³/mol. The Bertz CT molecular complexity index is 653. The highest BCUT2D eigenvalue weighted by Crippen LogP contribution is 2.38. The largest absolute Gasteiger partial charge is 0.493 e. The van der Waals surface area contributed by atoms with Gasteiger partial charge in [-0.25, -0.2) is 4.98 Å². The Balaban J connectivity index is 2.27. The highest BCUT2D eigenvalue weighted by atomic mass is 32.1. The third kappa shape index (κ3) is 3.57. The molecule has 2 aromatic rings. The summed E-state index contributed by atoms with van der Waals surface area (Å²) >= 11 is 1.41. The molecule has 6 heteroatoms. The molecule has 1 aromatic carbocycles. The first-order chi connectivity index (χ1) is 10.6. The number of aromatic nitrogens is 1. The molecule has 1 aromatic heterocycles. The van der Waals surface area contributed by atoms with Gasteiger partial charge in [0.15, 0.2) is 11.5 Å². The zero-order chi connectivity index (χ0) is 16.1. The first kappa shape index (κ1) is 16.3. The molecule has 0 aliphatic rings. The van der Waals surface area contributed by atoms with Crippen molar-refractivity contribution in [1.82, 2.24) is 10.3 Å². The van der Waals surface area contributed by atoms with Gasteiger partial charge in [-0.15, -0.1) is 11.3 Å². The number of carbonyl (C=O) groups excluding carboxylic acids is 1. The van der Waals surface area contributed by atoms with E-state index in [0.29, 0.717) is 29.7 Å². The van der Waals surface area contributed by atoms with E-state index in [9.17, 15) is 4.79 Å². The molecule has 5 nitrogen and oxygen atoms in total. The quantitative estimate of drug-likeness (QED) is 0.888. The molecule has 0 saturated heterocycles. The molecule has 2 rings (SSSR count). The molecule has 22 heavy (non-hydrogen) atoms. The lowest BCUT2D eigenvalue weighted by Crippen LogP contribution is -2.27. The van der Waals surface area contributed by atoms with E-state index in [1.165, 1.54) is 11.3 Å². The second-order valence-electron chi connectivity index (χ2n) is 5.18. The summed E-state index contributed by atoms with van der Waals surface area (Å²) in [6.07, 6.45) is 0. The van der Waals surface area contributed by atoms with Gasteiger partial charge in [0.05, 0.1) is 19.8 Å². The van der Waals surface area contributed by atoms with Gasteiger partial charge in [0, 0.05) is 11.9 Å². The third-order valence-corrected chi connectivity index (χ3v) is 3.92. The fraction of sp³-hybridized carbons (Fsp3) is 0.375. The Hall–Kier alpha value is -2.08. The number of benzene rings is 1. The molecule has 0 radical (unpaired) electrons. The summed E-state index contributed by atoms with van der Waals surface area (Å²) in [5.41, 5.74) is 1.24. The van der Waals surface area contributed by atoms with Crippen LogP contribution in [-0.4, -0.2) is 31.7 Å². The molecule has 0 saturated carbocycles. The van der Waals surface area contributed by atoms with Crippen molar-refractivity contribution in [1.29, 1.82) is 0 Å². The molecule has 1 heterocycles. The highest BCUT2D eigenvalue weighted by Gasteiger charge is 2.17. The van der Waals surface area contributed by atoms with Crippen LogP contribution < -0.4 is 14.8 Å². The Morgan fingerprint density at radius 2 is 2.09 bits per heavy atom. The van der Waals surface area contributed by atoms with Crippen LogP contribution in [-0.2, 0) is 0 Å². The average molecular weight is 320 g/mol. The second-order valence-corrected chi connectivity index (χ2v) is 6.04. The number of hydrogen-bond donors (Lipinski definition) is 1. The molecular weight excluding hydrogens is 300 g/mol. The number of nitrogens with zero attached hydrogens (tertiary/aromatic N) is 1. The number of thiazole rings is 1. The van der Waals surface area contributed by atoms with Crippen molar-refractivity contribution in [3.8, 4) is 22.1 Å². The summed E-state index contributed by atoms with van der Waals surface area (Å²) in [5, 5.41) is 5.34. The topological polar surface area (TPSA) is 60.5 Å². The van der Waals surface area contributed by atoms with Crippen molar-refractivity contribution in [3.63, 3.8) is 0 Å². The zero-order valence-corrected chi connectivity index (χ0v) is 14.0. The molecule has 0 fully saturated rings. The van der Waals surface area contributed by atoms with Crippen LogP contribution >= 0.6 is 11.3 Å². The van der Waals surface area contributed by atoms with Gasteiger partial charge in [-0.3, -0.25) is 4.79 Å². The van der Waals surface area contributed by atoms with E-state index in [1.54, 1.807) is 19.6 Å². The van der Waals surface area contributed by atoms with Crippen LogP contribution in [0.5, 0.6) is 11.5 Å². The van der Waals surface area contributed by atoms with Crippen molar-refractivity contribution in [3.05, 3.63) is 29.3 Å². The molecule has 0 aliphatic carbocycles. The lowest BCUT2D eigenvalue weighted by atomic mass is 10.2. The van der Waals surface area contributed by atoms with Gasteiger partial charge in [-0.05, 0) is 18.1 Å². The maximum absolute atomic E-state index is 12.0. The number of carbonyl (C=O) groups is 1. The summed E-state index contributed by atoms with van der Waals surface area (Å²) in [7, 11) is 3.18. The first-order valence-electron chi connectivity index (χ1n) is 7.02. The zero-order valence-electron chi connectivity index (χ0n) is 13.2. The lowest BCUT2D eigenvalue weighted by molar-refractivity contribution is 0.0945. The van der Waals surface area contributed by atoms with E-state index in [4.69, 9.17) is 9.47 Å². The Morgan fingerprint density at radius 1 is 1.32 bits per heavy atom. The monoisotopic (exact) mass is 320 g/mol. The van der Waals surface area contributed by atoms with Crippen LogP contribution in [0.1, 0.15) is 24.3 Å². The molecule has 1 amide bonds. The number of amides is 1. The summed E-state index contributed by atoms with van der Waals surface area (Å²) < 4.78 is 10.7. The van der Waals surface area contributed by atoms with Crippen LogP contribution in [0.2, 0.25) is 0 Å². The van der Waals surface area contributed by atoms with Gasteiger partial charge in [-0.1, -0.05) is 19.9 Å². The molecule has 0 atom stereocenters. The fourth-order valence-corrected chi connectivity index (χ4v) is 2.77. The summed E-state index contributed by atoms with van der Waals surface area (Å²) in [6, 6.07) is 5.60. The molecular formula is C16H20N2O3S. The third-order valence-electron chi connectivity index (χ3n) is 3.04. The van der Waals surface area contributed by atoms with Gasteiger partial charge in [0.1, 0.15) is 10.7 Å². The van der Waals surface area contributed by atoms with E-state index in [0.717, 1.165) is 10.6 Å². The van der Waals surface area contributed by atoms with E-state index >= 15 is 0 Å². The SMILES string of the molecule is COc1cccc(-c2nc(C(=O)NCC(C)C)cs2)c1OC. The Kier molecular flexibility index (Phi) is 5.38. The number of para-hydroxylation sites is 1. The number of rotatable bonds is 6. The number of nitrogens with one attached hydrogen (secondary N) is 1. The normalized spacial score (nSPS) is 10.6. The number of hydrogen-bond acceptors (Lipinski definition) is 5. The van der Waals surface area contributed by atoms with Crippen molar-refractivity contribution in [2.24, 2.45) is 5.92 Å². The summed E-state index contributed by atoms with van der Waals surface area (Å²) in [4.78, 5) is 16.5. The Morgan fingerprint density at radius 3 is 2.73 bits per heavy atom. The van der Waals surface area contributed by atoms with Gasteiger partial charge in [0.25, 0.3) is 5.91 Å². The van der Waals surface area contributed by atoms with Crippen molar-refractivity contribution in [2.75, 3.05) is 20.8 Å². The van der Waals surface area contributed by atoms with Crippen molar-refractivity contribution >= 4 is 17.2 Å². The Labute approximate surface area is 134 Å². The van der Waals surface area contributed by atoms with Crippen LogP contribution in [0, 0.1) is 5.92 Å². The van der Waals surface area contributed by atoms with Gasteiger partial charge >= 0.3 is 0 Å². The molecule has 0 bridgehead atoms. The predicted octanol–water partition coefficient (Wildman–Crippen LogP) is 3.21. The van der Waals surface area contributed by atoms with E-state index in [2.05, 4.69) is 10.3 Å². The maximum atomic E-state index is 12.0. The molecule has 0 aliphatic heterocycles. The minimum atomic E-state index is -0.155. The lowest BCUT2D eigenvalue weighted by Gasteiger charge is -2.10. The molecule has 0 unspecified atom stereocenters. The minimum Gasteiger partial charge on any atom is -0.493 e. The number of methoxy groups -OCH3 is 2. The first-order valence-corrected chi connectivity index (χ1v) is 7.89. The molecule has 1 N–H and O–H groups in total. The highest BCUT2D eigenvalue weighted by molar-refractivity contribution is 7.13. The van der Waals surface area contributed by atoms with Crippen molar-refractivity contribution < 1.29 is 14.3 Å². The summed E-state index contributed by atoms with van der Waals surface area (Å²) in [5.74, 6) is 1.51. The van der Waals surface area contributed by atoms with Gasteiger partial charge in [-0.2, -0.15) is 0 Å². The average Bonchev–Trinajstić information content (AvgIpc) is 3.01. The van der Waals surface area contributed by atoms with Gasteiger partial charge < -0.3 is 14.8 Å². The molecule has 0 spiro atoms. The van der Waals surface area contributed by atoms with Crippen molar-refractivity contribution in [2.45, 2.75) is 13.8 Å². The minimum absolute atomic E-state index is 0.155. The van der Waals surface area contributed by atoms with Crippen LogP contribution in [0.3, 0.4) is 0 Å². The van der Waals surface area contributed by atoms with Crippen LogP contribution in [0.15, 0.2) is 23.6 Å². The van der Waals surface area contributed by atoms with Crippen LogP contribution in [0.4, 0.5) is 0 Å². The smallest absolute Gasteiger partial charge is 0.270 e. The second kappa shape index (κ2) is 7.26. The maximum Gasteiger partial charge on any atom is 0.270 e. The number of ether oxygens (including phenoxy) is 2. The van der Waals surface area contributed by atoms with Gasteiger partial charge in [0.2, 0.25) is 0 Å². The van der Waals surface area contributed by atoms with E-state index in [1.807, 2.05) is 32.0 Å². The standard InChI is InChI=1S/C16H20N2O3S/c1-10(2)8-17-15(19)12-9-22-16(18-12)11-6-5-7-13(20-3)14(11)21-4/h5-7,9-10H,8H2,1-4H3,(H,17,19). The van der Waals surface area contributed by atoms with Crippen LogP contribution in [0.25, 0.3) is 10.6 Å². The summed E-state index contributed by atoms with van der Waals surface area (Å²) in [6.45, 7) is 4.73.